The molecule has 5 nitrogen and oxygen atoms in total. The number of nitrogens with zero attached hydrogens (tertiary/aromatic N) is 2. The van der Waals surface area contributed by atoms with Crippen molar-refractivity contribution < 1.29 is 19.0 Å². The van der Waals surface area contributed by atoms with Crippen LogP contribution in [0.25, 0.3) is 0 Å². The van der Waals surface area contributed by atoms with Crippen molar-refractivity contribution in [3.05, 3.63) is 71.0 Å². The molecule has 2 saturated heterocycles. The molecule has 2 aliphatic heterocycles. The van der Waals surface area contributed by atoms with Gasteiger partial charge in [-0.1, -0.05) is 42.0 Å². The van der Waals surface area contributed by atoms with E-state index in [1.807, 2.05) is 23.8 Å². The lowest BCUT2D eigenvalue weighted by atomic mass is 9.73. The van der Waals surface area contributed by atoms with E-state index in [2.05, 4.69) is 24.3 Å². The third kappa shape index (κ3) is 4.87. The van der Waals surface area contributed by atoms with E-state index in [9.17, 15) is 14.3 Å². The third-order valence-electron chi connectivity index (χ3n) is 6.91. The van der Waals surface area contributed by atoms with Crippen LogP contribution < -0.4 is 0 Å². The Morgan fingerprint density at radius 1 is 1.09 bits per heavy atom. The maximum Gasteiger partial charge on any atom is 0.233 e. The molecule has 1 amide bonds. The zero-order valence-corrected chi connectivity index (χ0v) is 19.0. The highest BCUT2D eigenvalue weighted by atomic mass is 19.1. The Balaban J connectivity index is 1.45. The number of hydrogen-bond donors (Lipinski definition) is 1. The Bertz CT molecular complexity index is 925. The number of likely N-dealkylation sites (tertiary alicyclic amines) is 1. The first kappa shape index (κ1) is 22.9. The lowest BCUT2D eigenvalue weighted by molar-refractivity contribution is -0.141. The van der Waals surface area contributed by atoms with Crippen LogP contribution in [-0.2, 0) is 21.5 Å². The molecule has 172 valence electrons. The molecule has 1 N–H and O–H groups in total. The van der Waals surface area contributed by atoms with Gasteiger partial charge in [-0.3, -0.25) is 9.69 Å². The van der Waals surface area contributed by atoms with Crippen molar-refractivity contribution in [2.75, 3.05) is 39.9 Å². The number of likely N-dealkylation sites (N-methyl/N-ethyl adjacent to an activating group) is 1. The van der Waals surface area contributed by atoms with Gasteiger partial charge in [-0.2, -0.15) is 0 Å². The van der Waals surface area contributed by atoms with Crippen molar-refractivity contribution in [3.8, 4) is 0 Å². The molecular weight excluding hydrogens is 407 g/mol. The predicted octanol–water partition coefficient (Wildman–Crippen LogP) is 3.28. The first-order chi connectivity index (χ1) is 15.3. The minimum Gasteiger partial charge on any atom is -0.387 e. The number of amides is 1. The molecule has 4 rings (SSSR count). The number of carbonyl (C=O) groups excluding carboxylic acids is 1. The molecule has 0 saturated carbocycles. The second-order valence-corrected chi connectivity index (χ2v) is 9.56. The summed E-state index contributed by atoms with van der Waals surface area (Å²) in [6, 6.07) is 14.7. The summed E-state index contributed by atoms with van der Waals surface area (Å²) in [6.07, 6.45) is 1.87. The van der Waals surface area contributed by atoms with E-state index in [4.69, 9.17) is 4.74 Å². The van der Waals surface area contributed by atoms with E-state index in [0.29, 0.717) is 58.7 Å². The van der Waals surface area contributed by atoms with Gasteiger partial charge in [0.05, 0.1) is 17.6 Å². The number of ether oxygens (including phenoxy) is 1. The number of halogens is 1. The van der Waals surface area contributed by atoms with Gasteiger partial charge in [-0.15, -0.1) is 0 Å². The van der Waals surface area contributed by atoms with Crippen molar-refractivity contribution in [2.45, 2.75) is 43.7 Å². The van der Waals surface area contributed by atoms with Gasteiger partial charge >= 0.3 is 0 Å². The van der Waals surface area contributed by atoms with E-state index < -0.39 is 11.0 Å². The molecule has 0 bridgehead atoms. The highest BCUT2D eigenvalue weighted by Gasteiger charge is 2.48. The van der Waals surface area contributed by atoms with Crippen molar-refractivity contribution >= 4 is 5.91 Å². The van der Waals surface area contributed by atoms with Gasteiger partial charge in [0, 0.05) is 32.8 Å². The first-order valence-corrected chi connectivity index (χ1v) is 11.4. The summed E-state index contributed by atoms with van der Waals surface area (Å²) in [5.41, 5.74) is 1.66. The van der Waals surface area contributed by atoms with Crippen LogP contribution in [0.2, 0.25) is 0 Å². The van der Waals surface area contributed by atoms with Gasteiger partial charge in [0.25, 0.3) is 0 Å². The van der Waals surface area contributed by atoms with Crippen LogP contribution in [0.15, 0.2) is 48.5 Å². The molecule has 2 fully saturated rings. The molecule has 0 spiro atoms. The van der Waals surface area contributed by atoms with Crippen LogP contribution in [0, 0.1) is 12.7 Å². The molecule has 6 heteroatoms. The van der Waals surface area contributed by atoms with Crippen molar-refractivity contribution in [1.82, 2.24) is 9.80 Å². The predicted molar refractivity (Wildman–Crippen MR) is 122 cm³/mol. The van der Waals surface area contributed by atoms with Gasteiger partial charge in [0.15, 0.2) is 0 Å². The Labute approximate surface area is 189 Å². The Morgan fingerprint density at radius 2 is 1.75 bits per heavy atom. The number of rotatable bonds is 6. The molecule has 32 heavy (non-hydrogen) atoms. The van der Waals surface area contributed by atoms with Crippen LogP contribution in [-0.4, -0.2) is 66.3 Å². The second kappa shape index (κ2) is 9.30. The van der Waals surface area contributed by atoms with Gasteiger partial charge in [0.1, 0.15) is 5.82 Å². The molecular formula is C26H33FN2O3. The molecule has 2 aromatic carbocycles. The monoisotopic (exact) mass is 440 g/mol. The fraction of sp³-hybridized carbons (Fsp3) is 0.500. The molecule has 0 aliphatic carbocycles. The standard InChI is InChI=1S/C26H33FN2O3/c1-20-3-7-22(8-4-20)26(12-15-32-16-13-26)24(30)29-14-11-25(31,19-29)18-28(2)17-21-5-9-23(27)10-6-21/h3-10,31H,11-19H2,1-2H3. The summed E-state index contributed by atoms with van der Waals surface area (Å²) in [5, 5.41) is 11.3. The van der Waals surface area contributed by atoms with E-state index in [1.54, 1.807) is 12.1 Å². The smallest absolute Gasteiger partial charge is 0.233 e. The highest BCUT2D eigenvalue weighted by molar-refractivity contribution is 5.89. The highest BCUT2D eigenvalue weighted by Crippen LogP contribution is 2.38. The van der Waals surface area contributed by atoms with E-state index in [-0.39, 0.29) is 11.7 Å². The SMILES string of the molecule is Cc1ccc(C2(C(=O)N3CCC(O)(CN(C)Cc4ccc(F)cc4)C3)CCOCC2)cc1. The van der Waals surface area contributed by atoms with Crippen molar-refractivity contribution in [3.63, 3.8) is 0 Å². The second-order valence-electron chi connectivity index (χ2n) is 9.56. The topological polar surface area (TPSA) is 53.0 Å². The van der Waals surface area contributed by atoms with E-state index in [0.717, 1.165) is 11.1 Å². The quantitative estimate of drug-likeness (QED) is 0.749. The Kier molecular flexibility index (Phi) is 6.65. The number of aliphatic hydroxyl groups is 1. The summed E-state index contributed by atoms with van der Waals surface area (Å²) in [7, 11) is 1.94. The largest absolute Gasteiger partial charge is 0.387 e. The molecule has 2 aliphatic rings. The Hall–Kier alpha value is -2.28. The zero-order valence-electron chi connectivity index (χ0n) is 19.0. The van der Waals surface area contributed by atoms with Gasteiger partial charge in [0.2, 0.25) is 5.91 Å². The third-order valence-corrected chi connectivity index (χ3v) is 6.91. The average molecular weight is 441 g/mol. The number of hydrogen-bond acceptors (Lipinski definition) is 4. The van der Waals surface area contributed by atoms with E-state index in [1.165, 1.54) is 17.7 Å². The minimum atomic E-state index is -0.954. The maximum absolute atomic E-state index is 13.8. The number of carbonyl (C=O) groups is 1. The normalized spacial score (nSPS) is 23.0. The van der Waals surface area contributed by atoms with Crippen LogP contribution in [0.4, 0.5) is 4.39 Å². The van der Waals surface area contributed by atoms with Crippen LogP contribution in [0.1, 0.15) is 36.0 Å². The summed E-state index contributed by atoms with van der Waals surface area (Å²) < 4.78 is 18.7. The molecule has 2 heterocycles. The summed E-state index contributed by atoms with van der Waals surface area (Å²) in [6.45, 7) is 5.12. The Morgan fingerprint density at radius 3 is 2.41 bits per heavy atom. The maximum atomic E-state index is 13.8. The van der Waals surface area contributed by atoms with Crippen LogP contribution in [0.5, 0.6) is 0 Å². The summed E-state index contributed by atoms with van der Waals surface area (Å²) in [5.74, 6) is -0.155. The summed E-state index contributed by atoms with van der Waals surface area (Å²) in [4.78, 5) is 17.7. The lowest BCUT2D eigenvalue weighted by Crippen LogP contribution is -2.51. The molecule has 1 unspecified atom stereocenters. The van der Waals surface area contributed by atoms with Gasteiger partial charge in [-0.05, 0) is 56.5 Å². The first-order valence-electron chi connectivity index (χ1n) is 11.4. The van der Waals surface area contributed by atoms with Gasteiger partial charge < -0.3 is 14.7 Å². The van der Waals surface area contributed by atoms with Crippen LogP contribution in [0.3, 0.4) is 0 Å². The van der Waals surface area contributed by atoms with E-state index >= 15 is 0 Å². The number of β-amino-alcohol motifs (C(OH)–C–C–N with tert-alkyl or cyclic N) is 1. The fourth-order valence-corrected chi connectivity index (χ4v) is 5.14. The molecule has 0 radical (unpaired) electrons. The zero-order chi connectivity index (χ0) is 22.8. The lowest BCUT2D eigenvalue weighted by Gasteiger charge is -2.39. The molecule has 0 aromatic heterocycles. The average Bonchev–Trinajstić information content (AvgIpc) is 3.17. The number of aryl methyl sites for hydroxylation is 1. The fourth-order valence-electron chi connectivity index (χ4n) is 5.14. The number of benzene rings is 2. The molecule has 1 atom stereocenters. The molecule has 2 aromatic rings. The summed E-state index contributed by atoms with van der Waals surface area (Å²) >= 11 is 0. The van der Waals surface area contributed by atoms with Crippen molar-refractivity contribution in [1.29, 1.82) is 0 Å². The van der Waals surface area contributed by atoms with Crippen LogP contribution >= 0.6 is 0 Å². The van der Waals surface area contributed by atoms with Crippen molar-refractivity contribution in [2.24, 2.45) is 0 Å². The minimum absolute atomic E-state index is 0.0989. The van der Waals surface area contributed by atoms with Gasteiger partial charge in [-0.25, -0.2) is 4.39 Å².